The van der Waals surface area contributed by atoms with Crippen LogP contribution in [0.5, 0.6) is 5.75 Å². The maximum atomic E-state index is 13.2. The number of hydrogen-bond acceptors (Lipinski definition) is 4. The molecule has 0 radical (unpaired) electrons. The summed E-state index contributed by atoms with van der Waals surface area (Å²) >= 11 is 0.962. The van der Waals surface area contributed by atoms with E-state index in [4.69, 9.17) is 10.5 Å². The summed E-state index contributed by atoms with van der Waals surface area (Å²) in [4.78, 5) is 3.80. The molecule has 0 unspecified atom stereocenters. The van der Waals surface area contributed by atoms with Gasteiger partial charge in [-0.2, -0.15) is 0 Å². The van der Waals surface area contributed by atoms with E-state index < -0.39 is 11.6 Å². The fraction of sp³-hybridized carbons (Fsp3) is 0.125. The van der Waals surface area contributed by atoms with Crippen LogP contribution in [0, 0.1) is 11.6 Å². The molecule has 2 rings (SSSR count). The third-order valence-corrected chi connectivity index (χ3v) is 2.64. The fourth-order valence-electron chi connectivity index (χ4n) is 1.20. The number of nitrogens with zero attached hydrogens (tertiary/aromatic N) is 1. The number of nitrogens with two attached hydrogens (primary N) is 1. The number of rotatable bonds is 1. The molecule has 2 N–H and O–H groups in total. The summed E-state index contributed by atoms with van der Waals surface area (Å²) in [7, 11) is 1.30. The molecule has 3 nitrogen and oxygen atoms in total. The van der Waals surface area contributed by atoms with E-state index in [2.05, 4.69) is 4.98 Å². The lowest BCUT2D eigenvalue weighted by molar-refractivity contribution is 0.389. The lowest BCUT2D eigenvalue weighted by atomic mass is 10.3. The van der Waals surface area contributed by atoms with Crippen LogP contribution < -0.4 is 10.5 Å². The van der Waals surface area contributed by atoms with Crippen molar-refractivity contribution in [3.05, 3.63) is 17.7 Å². The van der Waals surface area contributed by atoms with Crippen molar-refractivity contribution in [3.8, 4) is 5.75 Å². The minimum atomic E-state index is -0.775. The molecule has 0 atom stereocenters. The molecule has 7 heteroatoms. The first-order chi connectivity index (χ1) is 6.63. The van der Waals surface area contributed by atoms with Gasteiger partial charge < -0.3 is 10.5 Å². The summed E-state index contributed by atoms with van der Waals surface area (Å²) in [5.74, 6) is -1.52. The molecule has 0 aliphatic rings. The summed E-state index contributed by atoms with van der Waals surface area (Å²) < 4.78 is 31.3. The number of nitrogen functional groups attached to an aromatic ring is 1. The Labute approximate surface area is 98.6 Å². The van der Waals surface area contributed by atoms with Crippen LogP contribution in [0.3, 0.4) is 0 Å². The molecule has 0 amide bonds. The average molecular weight is 297 g/mol. The SMILES string of the molecule is Br.COc1c(F)cc(F)c2sc(N)nc12. The number of halogens is 3. The molecular formula is C8H7BrF2N2OS. The normalized spacial score (nSPS) is 10.1. The molecule has 0 saturated carbocycles. The molecule has 82 valence electrons. The standard InChI is InChI=1S/C8H6F2N2OS.BrH/c1-13-6-3(9)2-4(10)7-5(6)12-8(11)14-7;/h2H,1H3,(H2,11,12);1H. The second kappa shape index (κ2) is 4.28. The zero-order valence-corrected chi connectivity index (χ0v) is 10.1. The summed E-state index contributed by atoms with van der Waals surface area (Å²) in [6.45, 7) is 0. The van der Waals surface area contributed by atoms with Crippen molar-refractivity contribution in [2.75, 3.05) is 12.8 Å². The van der Waals surface area contributed by atoms with Gasteiger partial charge >= 0.3 is 0 Å². The van der Waals surface area contributed by atoms with Gasteiger partial charge in [0.25, 0.3) is 0 Å². The lowest BCUT2D eigenvalue weighted by Crippen LogP contribution is -1.91. The molecule has 0 spiro atoms. The van der Waals surface area contributed by atoms with E-state index >= 15 is 0 Å². The predicted molar refractivity (Wildman–Crippen MR) is 60.8 cm³/mol. The largest absolute Gasteiger partial charge is 0.491 e. The second-order valence-electron chi connectivity index (χ2n) is 2.60. The van der Waals surface area contributed by atoms with Crippen molar-refractivity contribution < 1.29 is 13.5 Å². The average Bonchev–Trinajstić information content (AvgIpc) is 2.48. The summed E-state index contributed by atoms with van der Waals surface area (Å²) in [6, 6.07) is 0.763. The minimum Gasteiger partial charge on any atom is -0.491 e. The first kappa shape index (κ1) is 12.1. The molecule has 2 aromatic rings. The highest BCUT2D eigenvalue weighted by Crippen LogP contribution is 2.34. The molecule has 15 heavy (non-hydrogen) atoms. The van der Waals surface area contributed by atoms with Crippen LogP contribution in [0.4, 0.5) is 13.9 Å². The Morgan fingerprint density at radius 2 is 2.07 bits per heavy atom. The van der Waals surface area contributed by atoms with Gasteiger partial charge in [-0.3, -0.25) is 0 Å². The number of thiazole rings is 1. The molecule has 0 aliphatic heterocycles. The van der Waals surface area contributed by atoms with Crippen LogP contribution in [-0.2, 0) is 0 Å². The molecule has 1 aromatic heterocycles. The van der Waals surface area contributed by atoms with Gasteiger partial charge in [-0.25, -0.2) is 13.8 Å². The summed E-state index contributed by atoms with van der Waals surface area (Å²) in [6.07, 6.45) is 0. The zero-order valence-electron chi connectivity index (χ0n) is 7.58. The molecule has 0 fully saturated rings. The number of benzene rings is 1. The van der Waals surface area contributed by atoms with Gasteiger partial charge in [-0.1, -0.05) is 11.3 Å². The zero-order chi connectivity index (χ0) is 10.3. The smallest absolute Gasteiger partial charge is 0.181 e. The van der Waals surface area contributed by atoms with E-state index in [0.717, 1.165) is 17.4 Å². The van der Waals surface area contributed by atoms with Crippen LogP contribution in [0.25, 0.3) is 10.2 Å². The Morgan fingerprint density at radius 3 is 2.67 bits per heavy atom. The van der Waals surface area contributed by atoms with E-state index in [1.165, 1.54) is 7.11 Å². The number of aromatic nitrogens is 1. The van der Waals surface area contributed by atoms with E-state index in [1.54, 1.807) is 0 Å². The van der Waals surface area contributed by atoms with Crippen molar-refractivity contribution in [2.45, 2.75) is 0 Å². The molecule has 1 heterocycles. The first-order valence-electron chi connectivity index (χ1n) is 3.71. The number of methoxy groups -OCH3 is 1. The number of ether oxygens (including phenoxy) is 1. The Hall–Kier alpha value is -0.950. The quantitative estimate of drug-likeness (QED) is 0.880. The van der Waals surface area contributed by atoms with Crippen molar-refractivity contribution in [2.24, 2.45) is 0 Å². The highest BCUT2D eigenvalue weighted by Gasteiger charge is 2.16. The molecule has 0 bridgehead atoms. The van der Waals surface area contributed by atoms with Gasteiger partial charge in [0.2, 0.25) is 0 Å². The third-order valence-electron chi connectivity index (χ3n) is 1.75. The van der Waals surface area contributed by atoms with Crippen molar-refractivity contribution >= 4 is 43.7 Å². The van der Waals surface area contributed by atoms with E-state index in [-0.39, 0.29) is 38.1 Å². The Balaban J connectivity index is 0.00000112. The van der Waals surface area contributed by atoms with Crippen LogP contribution in [0.15, 0.2) is 6.07 Å². The molecule has 0 aliphatic carbocycles. The topological polar surface area (TPSA) is 48.1 Å². The van der Waals surface area contributed by atoms with Crippen molar-refractivity contribution in [3.63, 3.8) is 0 Å². The number of anilines is 1. The first-order valence-corrected chi connectivity index (χ1v) is 4.53. The van der Waals surface area contributed by atoms with E-state index in [0.29, 0.717) is 0 Å². The fourth-order valence-corrected chi connectivity index (χ4v) is 1.94. The highest BCUT2D eigenvalue weighted by molar-refractivity contribution is 8.93. The van der Waals surface area contributed by atoms with Crippen LogP contribution >= 0.6 is 28.3 Å². The summed E-state index contributed by atoms with van der Waals surface area (Å²) in [5, 5.41) is 0.183. The van der Waals surface area contributed by atoms with Crippen molar-refractivity contribution in [1.29, 1.82) is 0 Å². The van der Waals surface area contributed by atoms with Gasteiger partial charge in [0.05, 0.1) is 11.8 Å². The van der Waals surface area contributed by atoms with Crippen molar-refractivity contribution in [1.82, 2.24) is 4.98 Å². The number of hydrogen-bond donors (Lipinski definition) is 1. The number of fused-ring (bicyclic) bond motifs is 1. The lowest BCUT2D eigenvalue weighted by Gasteiger charge is -2.01. The molecule has 1 aromatic carbocycles. The van der Waals surface area contributed by atoms with Gasteiger partial charge in [0, 0.05) is 6.07 Å². The maximum Gasteiger partial charge on any atom is 0.181 e. The van der Waals surface area contributed by atoms with Gasteiger partial charge in [0.1, 0.15) is 11.3 Å². The second-order valence-corrected chi connectivity index (χ2v) is 3.63. The van der Waals surface area contributed by atoms with Gasteiger partial charge in [-0.05, 0) is 0 Å². The van der Waals surface area contributed by atoms with E-state index in [9.17, 15) is 8.78 Å². The predicted octanol–water partition coefficient (Wildman–Crippen LogP) is 2.74. The van der Waals surface area contributed by atoms with Crippen LogP contribution in [-0.4, -0.2) is 12.1 Å². The molecular weight excluding hydrogens is 290 g/mol. The monoisotopic (exact) mass is 296 g/mol. The maximum absolute atomic E-state index is 13.2. The third kappa shape index (κ3) is 1.89. The highest BCUT2D eigenvalue weighted by atomic mass is 79.9. The molecule has 0 saturated heterocycles. The Morgan fingerprint density at radius 1 is 1.40 bits per heavy atom. The van der Waals surface area contributed by atoms with Gasteiger partial charge in [-0.15, -0.1) is 17.0 Å². The van der Waals surface area contributed by atoms with Crippen LogP contribution in [0.2, 0.25) is 0 Å². The van der Waals surface area contributed by atoms with Crippen LogP contribution in [0.1, 0.15) is 0 Å². The van der Waals surface area contributed by atoms with Gasteiger partial charge in [0.15, 0.2) is 16.7 Å². The Kier molecular flexibility index (Phi) is 3.46. The Bertz CT molecular complexity index is 503. The van der Waals surface area contributed by atoms with E-state index in [1.807, 2.05) is 0 Å². The minimum absolute atomic E-state index is 0. The summed E-state index contributed by atoms with van der Waals surface area (Å²) in [5.41, 5.74) is 5.53.